The van der Waals surface area contributed by atoms with Gasteiger partial charge in [0.2, 0.25) is 0 Å². The van der Waals surface area contributed by atoms with Gasteiger partial charge in [0.05, 0.1) is 11.2 Å². The molecule has 0 fully saturated rings. The van der Waals surface area contributed by atoms with E-state index in [0.29, 0.717) is 5.82 Å². The molecule has 0 spiro atoms. The van der Waals surface area contributed by atoms with Crippen LogP contribution in [0.4, 0.5) is 0 Å². The maximum absolute atomic E-state index is 6.57. The van der Waals surface area contributed by atoms with Crippen molar-refractivity contribution in [3.63, 3.8) is 0 Å². The first kappa shape index (κ1) is 23.9. The highest BCUT2D eigenvalue weighted by molar-refractivity contribution is 6.10. The van der Waals surface area contributed by atoms with Crippen LogP contribution in [0.3, 0.4) is 0 Å². The van der Waals surface area contributed by atoms with Gasteiger partial charge in [-0.2, -0.15) is 0 Å². The van der Waals surface area contributed by atoms with Crippen molar-refractivity contribution in [3.8, 4) is 56.4 Å². The molecule has 43 heavy (non-hydrogen) atoms. The molecule has 1 aromatic heterocycles. The lowest BCUT2D eigenvalue weighted by molar-refractivity contribution is 0.487. The van der Waals surface area contributed by atoms with E-state index in [4.69, 9.17) is 14.7 Å². The number of ether oxygens (including phenoxy) is 1. The summed E-state index contributed by atoms with van der Waals surface area (Å²) in [6, 6.07) is 50.8. The van der Waals surface area contributed by atoms with Crippen LogP contribution >= 0.6 is 0 Å². The Balaban J connectivity index is 1.23. The molecule has 0 aliphatic carbocycles. The van der Waals surface area contributed by atoms with Crippen LogP contribution in [0.15, 0.2) is 146 Å². The van der Waals surface area contributed by atoms with Crippen molar-refractivity contribution in [3.05, 3.63) is 146 Å². The maximum atomic E-state index is 6.57. The molecule has 2 heterocycles. The smallest absolute Gasteiger partial charge is 0.161 e. The van der Waals surface area contributed by atoms with E-state index in [1.54, 1.807) is 0 Å². The molecule has 3 nitrogen and oxygen atoms in total. The van der Waals surface area contributed by atoms with Gasteiger partial charge in [-0.25, -0.2) is 9.97 Å². The molecule has 0 unspecified atom stereocenters. The molecular formula is C40H24N2O. The molecular weight excluding hydrogens is 524 g/mol. The van der Waals surface area contributed by atoms with Crippen molar-refractivity contribution in [2.24, 2.45) is 0 Å². The summed E-state index contributed by atoms with van der Waals surface area (Å²) in [6.07, 6.45) is 0. The Kier molecular flexibility index (Phi) is 5.20. The molecule has 1 aliphatic rings. The fourth-order valence-electron chi connectivity index (χ4n) is 6.39. The highest BCUT2D eigenvalue weighted by atomic mass is 16.5. The van der Waals surface area contributed by atoms with E-state index in [1.165, 1.54) is 16.3 Å². The zero-order valence-corrected chi connectivity index (χ0v) is 23.2. The molecule has 7 aromatic carbocycles. The second-order valence-corrected chi connectivity index (χ2v) is 11.0. The Morgan fingerprint density at radius 3 is 2.12 bits per heavy atom. The van der Waals surface area contributed by atoms with Crippen molar-refractivity contribution < 1.29 is 4.74 Å². The normalized spacial score (nSPS) is 11.9. The minimum Gasteiger partial charge on any atom is -0.456 e. The van der Waals surface area contributed by atoms with Gasteiger partial charge in [0.25, 0.3) is 0 Å². The summed E-state index contributed by atoms with van der Waals surface area (Å²) < 4.78 is 6.57. The van der Waals surface area contributed by atoms with Crippen LogP contribution in [0.2, 0.25) is 0 Å². The fourth-order valence-corrected chi connectivity index (χ4v) is 6.39. The standard InChI is InChI=1S/C40H24N2O/c1-2-9-25(10-3-1)28-19-20-30-31-14-8-15-32-33(21-22-36(38(31)32)43-37(30)24-28)40-41-35-16-7-6-13-34(35)39(42-40)29-18-17-26-11-4-5-12-27(26)23-29/h1-24H. The molecule has 9 rings (SSSR count). The van der Waals surface area contributed by atoms with E-state index in [0.717, 1.165) is 66.7 Å². The molecule has 0 radical (unpaired) electrons. The Morgan fingerprint density at radius 2 is 1.19 bits per heavy atom. The van der Waals surface area contributed by atoms with Crippen LogP contribution in [0.5, 0.6) is 11.5 Å². The summed E-state index contributed by atoms with van der Waals surface area (Å²) in [6.45, 7) is 0. The summed E-state index contributed by atoms with van der Waals surface area (Å²) in [5.74, 6) is 2.42. The van der Waals surface area contributed by atoms with Crippen LogP contribution in [0.25, 0.3) is 77.3 Å². The number of rotatable bonds is 3. The second kappa shape index (κ2) is 9.37. The lowest BCUT2D eigenvalue weighted by Crippen LogP contribution is -2.00. The van der Waals surface area contributed by atoms with Gasteiger partial charge in [0.1, 0.15) is 11.5 Å². The zero-order valence-electron chi connectivity index (χ0n) is 23.2. The summed E-state index contributed by atoms with van der Waals surface area (Å²) in [4.78, 5) is 10.3. The summed E-state index contributed by atoms with van der Waals surface area (Å²) >= 11 is 0. The summed E-state index contributed by atoms with van der Waals surface area (Å²) in [5, 5.41) is 5.61. The highest BCUT2D eigenvalue weighted by Crippen LogP contribution is 2.49. The second-order valence-electron chi connectivity index (χ2n) is 11.0. The average molecular weight is 549 g/mol. The fraction of sp³-hybridized carbons (Fsp3) is 0. The highest BCUT2D eigenvalue weighted by Gasteiger charge is 2.23. The molecule has 0 bridgehead atoms. The van der Waals surface area contributed by atoms with Crippen molar-refractivity contribution in [1.29, 1.82) is 0 Å². The number of hydrogen-bond acceptors (Lipinski definition) is 3. The average Bonchev–Trinajstić information content (AvgIpc) is 3.08. The van der Waals surface area contributed by atoms with E-state index < -0.39 is 0 Å². The molecule has 1 aliphatic heterocycles. The summed E-state index contributed by atoms with van der Waals surface area (Å²) in [7, 11) is 0. The monoisotopic (exact) mass is 548 g/mol. The number of hydrogen-bond donors (Lipinski definition) is 0. The molecule has 3 heteroatoms. The van der Waals surface area contributed by atoms with E-state index in [2.05, 4.69) is 133 Å². The number of nitrogens with zero attached hydrogens (tertiary/aromatic N) is 2. The predicted molar refractivity (Wildman–Crippen MR) is 176 cm³/mol. The number of benzene rings is 7. The van der Waals surface area contributed by atoms with Gasteiger partial charge in [-0.1, -0.05) is 109 Å². The largest absolute Gasteiger partial charge is 0.456 e. The minimum atomic E-state index is 0.704. The van der Waals surface area contributed by atoms with Crippen LogP contribution < -0.4 is 4.74 Å². The lowest BCUT2D eigenvalue weighted by atomic mass is 9.91. The topological polar surface area (TPSA) is 35.0 Å². The molecule has 0 amide bonds. The number of para-hydroxylation sites is 1. The van der Waals surface area contributed by atoms with Gasteiger partial charge in [-0.3, -0.25) is 0 Å². The third-order valence-electron chi connectivity index (χ3n) is 8.47. The third kappa shape index (κ3) is 3.83. The maximum Gasteiger partial charge on any atom is 0.161 e. The molecule has 0 saturated heterocycles. The van der Waals surface area contributed by atoms with Crippen LogP contribution in [0.1, 0.15) is 0 Å². The number of fused-ring (bicyclic) bond motifs is 4. The van der Waals surface area contributed by atoms with Gasteiger partial charge in [0.15, 0.2) is 5.82 Å². The van der Waals surface area contributed by atoms with Crippen molar-refractivity contribution in [2.75, 3.05) is 0 Å². The van der Waals surface area contributed by atoms with Gasteiger partial charge < -0.3 is 4.74 Å². The van der Waals surface area contributed by atoms with E-state index in [1.807, 2.05) is 12.1 Å². The Labute approximate surface area is 248 Å². The molecule has 0 atom stereocenters. The van der Waals surface area contributed by atoms with Crippen LogP contribution in [-0.4, -0.2) is 9.97 Å². The molecule has 0 saturated carbocycles. The third-order valence-corrected chi connectivity index (χ3v) is 8.47. The number of aromatic nitrogens is 2. The lowest BCUT2D eigenvalue weighted by Gasteiger charge is -2.23. The van der Waals surface area contributed by atoms with Gasteiger partial charge in [-0.05, 0) is 69.2 Å². The van der Waals surface area contributed by atoms with Gasteiger partial charge in [0, 0.05) is 27.5 Å². The van der Waals surface area contributed by atoms with Crippen LogP contribution in [-0.2, 0) is 0 Å². The van der Waals surface area contributed by atoms with Crippen molar-refractivity contribution in [1.82, 2.24) is 9.97 Å². The van der Waals surface area contributed by atoms with E-state index in [9.17, 15) is 0 Å². The van der Waals surface area contributed by atoms with Crippen molar-refractivity contribution in [2.45, 2.75) is 0 Å². The minimum absolute atomic E-state index is 0.704. The SMILES string of the molecule is c1ccc(-c2ccc3c(c2)Oc2ccc(-c4nc(-c5ccc6ccccc6c5)c5ccccc5n4)c4cccc-3c24)cc1. The van der Waals surface area contributed by atoms with Crippen LogP contribution in [0, 0.1) is 0 Å². The molecule has 200 valence electrons. The Morgan fingerprint density at radius 1 is 0.419 bits per heavy atom. The molecule has 0 N–H and O–H groups in total. The van der Waals surface area contributed by atoms with Gasteiger partial charge >= 0.3 is 0 Å². The molecule has 8 aromatic rings. The van der Waals surface area contributed by atoms with Gasteiger partial charge in [-0.15, -0.1) is 0 Å². The Bertz CT molecular complexity index is 2380. The first-order chi connectivity index (χ1) is 21.3. The van der Waals surface area contributed by atoms with Crippen molar-refractivity contribution >= 4 is 32.4 Å². The first-order valence-electron chi connectivity index (χ1n) is 14.5. The van der Waals surface area contributed by atoms with E-state index in [-0.39, 0.29) is 0 Å². The first-order valence-corrected chi connectivity index (χ1v) is 14.5. The zero-order chi connectivity index (χ0) is 28.3. The Hall–Kier alpha value is -5.80. The summed E-state index contributed by atoms with van der Waals surface area (Å²) in [5.41, 5.74) is 8.47. The predicted octanol–water partition coefficient (Wildman–Crippen LogP) is 10.7. The quantitative estimate of drug-likeness (QED) is 0.220. The van der Waals surface area contributed by atoms with E-state index >= 15 is 0 Å².